The van der Waals surface area contributed by atoms with Gasteiger partial charge in [0.05, 0.1) is 13.2 Å². The number of aliphatic hydroxyl groups is 1. The van der Waals surface area contributed by atoms with E-state index in [2.05, 4.69) is 5.32 Å². The van der Waals surface area contributed by atoms with Crippen molar-refractivity contribution in [3.8, 4) is 0 Å². The number of nitrogens with one attached hydrogen (secondary N) is 1. The smallest absolute Gasteiger partial charge is 0.234 e. The third-order valence-corrected chi connectivity index (χ3v) is 2.31. The zero-order valence-corrected chi connectivity index (χ0v) is 10.5. The second kappa shape index (κ2) is 9.57. The van der Waals surface area contributed by atoms with Crippen LogP contribution < -0.4 is 5.32 Å². The minimum atomic E-state index is 0.00342. The summed E-state index contributed by atoms with van der Waals surface area (Å²) in [6.07, 6.45) is 0.698. The molecule has 16 heavy (non-hydrogen) atoms. The van der Waals surface area contributed by atoms with Gasteiger partial charge in [0.25, 0.3) is 0 Å². The van der Waals surface area contributed by atoms with Crippen LogP contribution in [0.5, 0.6) is 0 Å². The second-order valence-corrected chi connectivity index (χ2v) is 3.98. The molecule has 96 valence electrons. The molecule has 0 aliphatic carbocycles. The fraction of sp³-hybridized carbons (Fsp3) is 0.909. The van der Waals surface area contributed by atoms with E-state index >= 15 is 0 Å². The number of hydrogen-bond acceptors (Lipinski definition) is 4. The lowest BCUT2D eigenvalue weighted by atomic mass is 10.3. The van der Waals surface area contributed by atoms with Crippen LogP contribution in [0.1, 0.15) is 20.3 Å². The van der Waals surface area contributed by atoms with Gasteiger partial charge >= 0.3 is 0 Å². The van der Waals surface area contributed by atoms with Crippen LogP contribution in [0.15, 0.2) is 0 Å². The molecule has 0 aliphatic heterocycles. The maximum Gasteiger partial charge on any atom is 0.234 e. The first-order chi connectivity index (χ1) is 7.61. The molecular weight excluding hydrogens is 208 g/mol. The normalized spacial score (nSPS) is 11.1. The molecule has 0 aromatic rings. The van der Waals surface area contributed by atoms with Crippen molar-refractivity contribution in [1.82, 2.24) is 10.2 Å². The molecule has 0 rings (SSSR count). The topological polar surface area (TPSA) is 61.8 Å². The van der Waals surface area contributed by atoms with E-state index in [0.717, 1.165) is 6.54 Å². The molecule has 0 saturated heterocycles. The van der Waals surface area contributed by atoms with Crippen LogP contribution in [0, 0.1) is 0 Å². The molecular formula is C11H24N2O3. The zero-order valence-electron chi connectivity index (χ0n) is 10.5. The fourth-order valence-corrected chi connectivity index (χ4v) is 1.33. The van der Waals surface area contributed by atoms with Gasteiger partial charge in [0.1, 0.15) is 0 Å². The van der Waals surface area contributed by atoms with Gasteiger partial charge in [-0.2, -0.15) is 0 Å². The van der Waals surface area contributed by atoms with Gasteiger partial charge in [0.2, 0.25) is 5.91 Å². The maximum absolute atomic E-state index is 11.5. The number of hydrogen-bond donors (Lipinski definition) is 2. The zero-order chi connectivity index (χ0) is 12.4. The lowest BCUT2D eigenvalue weighted by Crippen LogP contribution is -2.42. The van der Waals surface area contributed by atoms with Gasteiger partial charge in [-0.1, -0.05) is 0 Å². The van der Waals surface area contributed by atoms with Gasteiger partial charge in [-0.3, -0.25) is 9.69 Å². The maximum atomic E-state index is 11.5. The molecule has 0 unspecified atom stereocenters. The van der Waals surface area contributed by atoms with E-state index < -0.39 is 0 Å². The van der Waals surface area contributed by atoms with E-state index in [1.54, 1.807) is 7.11 Å². The molecule has 0 heterocycles. The third-order valence-electron chi connectivity index (χ3n) is 2.31. The largest absolute Gasteiger partial charge is 0.396 e. The lowest BCUT2D eigenvalue weighted by molar-refractivity contribution is -0.122. The van der Waals surface area contributed by atoms with Crippen molar-refractivity contribution in [3.05, 3.63) is 0 Å². The Morgan fingerprint density at radius 1 is 1.50 bits per heavy atom. The van der Waals surface area contributed by atoms with Crippen LogP contribution in [0.3, 0.4) is 0 Å². The van der Waals surface area contributed by atoms with Crippen LogP contribution in [0.25, 0.3) is 0 Å². The highest BCUT2D eigenvalue weighted by Crippen LogP contribution is 1.98. The number of ether oxygens (including phenoxy) is 1. The Labute approximate surface area is 97.8 Å². The summed E-state index contributed by atoms with van der Waals surface area (Å²) >= 11 is 0. The van der Waals surface area contributed by atoms with Crippen LogP contribution in [-0.2, 0) is 9.53 Å². The first-order valence-electron chi connectivity index (χ1n) is 5.72. The average molecular weight is 232 g/mol. The third kappa shape index (κ3) is 7.62. The molecule has 0 atom stereocenters. The Bertz CT molecular complexity index is 186. The standard InChI is InChI=1S/C11H24N2O3/c1-10(2)13(6-4-7-14)9-11(15)12-5-8-16-3/h10,14H,4-9H2,1-3H3,(H,12,15). The Hall–Kier alpha value is -0.650. The monoisotopic (exact) mass is 232 g/mol. The van der Waals surface area contributed by atoms with E-state index in [4.69, 9.17) is 9.84 Å². The first-order valence-corrected chi connectivity index (χ1v) is 5.72. The summed E-state index contributed by atoms with van der Waals surface area (Å²) < 4.78 is 4.85. The number of amides is 1. The predicted octanol–water partition coefficient (Wildman–Crippen LogP) is -0.158. The Kier molecular flexibility index (Phi) is 9.18. The average Bonchev–Trinajstić information content (AvgIpc) is 2.24. The van der Waals surface area contributed by atoms with Gasteiger partial charge in [0, 0.05) is 32.8 Å². The van der Waals surface area contributed by atoms with E-state index in [1.165, 1.54) is 0 Å². The molecule has 0 fully saturated rings. The SMILES string of the molecule is COCCNC(=O)CN(CCCO)C(C)C. The van der Waals surface area contributed by atoms with Crippen molar-refractivity contribution < 1.29 is 14.6 Å². The number of carbonyl (C=O) groups excluding carboxylic acids is 1. The van der Waals surface area contributed by atoms with Gasteiger partial charge in [-0.15, -0.1) is 0 Å². The highest BCUT2D eigenvalue weighted by atomic mass is 16.5. The van der Waals surface area contributed by atoms with E-state index in [1.807, 2.05) is 18.7 Å². The van der Waals surface area contributed by atoms with Crippen LogP contribution in [-0.4, -0.2) is 61.9 Å². The van der Waals surface area contributed by atoms with Gasteiger partial charge < -0.3 is 15.2 Å². The van der Waals surface area contributed by atoms with E-state index in [-0.39, 0.29) is 12.5 Å². The number of nitrogens with zero attached hydrogens (tertiary/aromatic N) is 1. The second-order valence-electron chi connectivity index (χ2n) is 3.98. The van der Waals surface area contributed by atoms with E-state index in [9.17, 15) is 4.79 Å². The van der Waals surface area contributed by atoms with Crippen molar-refractivity contribution in [2.75, 3.05) is 40.0 Å². The predicted molar refractivity (Wildman–Crippen MR) is 63.3 cm³/mol. The summed E-state index contributed by atoms with van der Waals surface area (Å²) in [6, 6.07) is 0.305. The highest BCUT2D eigenvalue weighted by molar-refractivity contribution is 5.78. The van der Waals surface area contributed by atoms with E-state index in [0.29, 0.717) is 32.2 Å². The van der Waals surface area contributed by atoms with Crippen molar-refractivity contribution in [3.63, 3.8) is 0 Å². The molecule has 0 bridgehead atoms. The quantitative estimate of drug-likeness (QED) is 0.542. The Morgan fingerprint density at radius 2 is 2.19 bits per heavy atom. The summed E-state index contributed by atoms with van der Waals surface area (Å²) in [5.41, 5.74) is 0. The molecule has 5 heteroatoms. The van der Waals surface area contributed by atoms with Crippen molar-refractivity contribution in [1.29, 1.82) is 0 Å². The van der Waals surface area contributed by atoms with Crippen LogP contribution >= 0.6 is 0 Å². The van der Waals surface area contributed by atoms with Crippen molar-refractivity contribution in [2.45, 2.75) is 26.3 Å². The molecule has 2 N–H and O–H groups in total. The molecule has 5 nitrogen and oxygen atoms in total. The Balaban J connectivity index is 3.83. The Morgan fingerprint density at radius 3 is 2.69 bits per heavy atom. The minimum absolute atomic E-state index is 0.00342. The summed E-state index contributed by atoms with van der Waals surface area (Å²) in [7, 11) is 1.60. The summed E-state index contributed by atoms with van der Waals surface area (Å²) in [5, 5.41) is 11.5. The number of aliphatic hydroxyl groups excluding tert-OH is 1. The number of rotatable bonds is 9. The van der Waals surface area contributed by atoms with Crippen LogP contribution in [0.4, 0.5) is 0 Å². The summed E-state index contributed by atoms with van der Waals surface area (Å²) in [6.45, 7) is 6.44. The molecule has 0 aromatic carbocycles. The van der Waals surface area contributed by atoms with Gasteiger partial charge in [-0.25, -0.2) is 0 Å². The molecule has 0 saturated carbocycles. The fourth-order valence-electron chi connectivity index (χ4n) is 1.33. The number of methoxy groups -OCH3 is 1. The summed E-state index contributed by atoms with van der Waals surface area (Å²) in [5.74, 6) is 0.00342. The van der Waals surface area contributed by atoms with Gasteiger partial charge in [-0.05, 0) is 20.3 Å². The molecule has 0 aromatic heterocycles. The molecule has 0 radical (unpaired) electrons. The molecule has 0 aliphatic rings. The minimum Gasteiger partial charge on any atom is -0.396 e. The van der Waals surface area contributed by atoms with Crippen molar-refractivity contribution >= 4 is 5.91 Å². The number of carbonyl (C=O) groups is 1. The first kappa shape index (κ1) is 15.3. The molecule has 1 amide bonds. The van der Waals surface area contributed by atoms with Crippen LogP contribution in [0.2, 0.25) is 0 Å². The lowest BCUT2D eigenvalue weighted by Gasteiger charge is -2.25. The van der Waals surface area contributed by atoms with Crippen molar-refractivity contribution in [2.24, 2.45) is 0 Å². The highest BCUT2D eigenvalue weighted by Gasteiger charge is 2.12. The molecule has 0 spiro atoms. The summed E-state index contributed by atoms with van der Waals surface area (Å²) in [4.78, 5) is 13.6. The van der Waals surface area contributed by atoms with Gasteiger partial charge in [0.15, 0.2) is 0 Å².